The van der Waals surface area contributed by atoms with Crippen molar-refractivity contribution in [2.75, 3.05) is 0 Å². The quantitative estimate of drug-likeness (QED) is 0.680. The Bertz CT molecular complexity index is 881. The lowest BCUT2D eigenvalue weighted by molar-refractivity contribution is 0.111. The Morgan fingerprint density at radius 1 is 0.955 bits per heavy atom. The van der Waals surface area contributed by atoms with Gasteiger partial charge in [-0.3, -0.25) is 14.4 Å². The van der Waals surface area contributed by atoms with Crippen LogP contribution in [0.2, 0.25) is 0 Å². The molecule has 4 rings (SSSR count). The Morgan fingerprint density at radius 2 is 1.73 bits per heavy atom. The van der Waals surface area contributed by atoms with Crippen LogP contribution in [0, 0.1) is 0 Å². The number of aliphatic imine (C=N–C) groups is 1. The third-order valence-electron chi connectivity index (χ3n) is 3.69. The molecule has 0 bridgehead atoms. The number of carbonyl (C=O) groups is 1. The summed E-state index contributed by atoms with van der Waals surface area (Å²) in [6.45, 7) is 0.389. The summed E-state index contributed by atoms with van der Waals surface area (Å²) in [4.78, 5) is 16.0. The number of fused-ring (bicyclic) bond motifs is 3. The van der Waals surface area contributed by atoms with Crippen LogP contribution in [0.1, 0.15) is 27.6 Å². The van der Waals surface area contributed by atoms with Gasteiger partial charge < -0.3 is 0 Å². The SMILES string of the molecule is O=Cc1nnc2n1-c1ccccc1C(c1ccccc1)=NC2. The molecule has 106 valence electrons. The predicted molar refractivity (Wildman–Crippen MR) is 82.5 cm³/mol. The van der Waals surface area contributed by atoms with Gasteiger partial charge >= 0.3 is 0 Å². The number of benzene rings is 2. The van der Waals surface area contributed by atoms with Gasteiger partial charge in [0.1, 0.15) is 6.54 Å². The first-order valence-corrected chi connectivity index (χ1v) is 6.97. The summed E-state index contributed by atoms with van der Waals surface area (Å²) in [5.41, 5.74) is 3.79. The first kappa shape index (κ1) is 12.6. The molecule has 0 amide bonds. The van der Waals surface area contributed by atoms with E-state index in [0.717, 1.165) is 28.8 Å². The second kappa shape index (κ2) is 5.04. The van der Waals surface area contributed by atoms with E-state index < -0.39 is 0 Å². The molecule has 0 aliphatic carbocycles. The lowest BCUT2D eigenvalue weighted by atomic mass is 10.0. The van der Waals surface area contributed by atoms with Gasteiger partial charge in [0.25, 0.3) is 0 Å². The van der Waals surface area contributed by atoms with E-state index in [9.17, 15) is 4.79 Å². The van der Waals surface area contributed by atoms with Gasteiger partial charge in [0.2, 0.25) is 5.82 Å². The predicted octanol–water partition coefficient (Wildman–Crippen LogP) is 2.43. The molecule has 0 saturated carbocycles. The molecule has 22 heavy (non-hydrogen) atoms. The van der Waals surface area contributed by atoms with Crippen molar-refractivity contribution in [2.24, 2.45) is 4.99 Å². The molecular weight excluding hydrogens is 276 g/mol. The third-order valence-corrected chi connectivity index (χ3v) is 3.69. The van der Waals surface area contributed by atoms with Crippen LogP contribution in [0.3, 0.4) is 0 Å². The van der Waals surface area contributed by atoms with Crippen molar-refractivity contribution in [2.45, 2.75) is 6.54 Å². The highest BCUT2D eigenvalue weighted by molar-refractivity contribution is 6.15. The van der Waals surface area contributed by atoms with Crippen molar-refractivity contribution >= 4 is 12.0 Å². The van der Waals surface area contributed by atoms with Gasteiger partial charge in [0, 0.05) is 11.1 Å². The molecule has 0 spiro atoms. The topological polar surface area (TPSA) is 60.1 Å². The summed E-state index contributed by atoms with van der Waals surface area (Å²) < 4.78 is 1.78. The molecule has 1 aliphatic heterocycles. The number of hydrogen-bond donors (Lipinski definition) is 0. The average molecular weight is 288 g/mol. The monoisotopic (exact) mass is 288 g/mol. The van der Waals surface area contributed by atoms with Gasteiger partial charge in [0.05, 0.1) is 11.4 Å². The molecule has 0 radical (unpaired) electrons. The van der Waals surface area contributed by atoms with E-state index in [1.54, 1.807) is 4.57 Å². The molecular formula is C17H12N4O. The van der Waals surface area contributed by atoms with Crippen molar-refractivity contribution in [1.29, 1.82) is 0 Å². The number of para-hydroxylation sites is 1. The molecule has 0 N–H and O–H groups in total. The van der Waals surface area contributed by atoms with Gasteiger partial charge in [-0.1, -0.05) is 48.5 Å². The Balaban J connectivity index is 1.99. The van der Waals surface area contributed by atoms with Gasteiger partial charge in [-0.25, -0.2) is 0 Å². The van der Waals surface area contributed by atoms with Crippen LogP contribution < -0.4 is 0 Å². The summed E-state index contributed by atoms with van der Waals surface area (Å²) in [6.07, 6.45) is 0.723. The normalized spacial score (nSPS) is 12.8. The number of hydrogen-bond acceptors (Lipinski definition) is 4. The number of aldehydes is 1. The lowest BCUT2D eigenvalue weighted by Gasteiger charge is -2.11. The van der Waals surface area contributed by atoms with Crippen LogP contribution in [0.15, 0.2) is 59.6 Å². The van der Waals surface area contributed by atoms with E-state index >= 15 is 0 Å². The van der Waals surface area contributed by atoms with Crippen molar-refractivity contribution in [3.63, 3.8) is 0 Å². The van der Waals surface area contributed by atoms with Crippen LogP contribution >= 0.6 is 0 Å². The van der Waals surface area contributed by atoms with Crippen LogP contribution in [0.4, 0.5) is 0 Å². The highest BCUT2D eigenvalue weighted by atomic mass is 16.1. The third kappa shape index (κ3) is 1.87. The highest BCUT2D eigenvalue weighted by Gasteiger charge is 2.21. The zero-order valence-electron chi connectivity index (χ0n) is 11.7. The number of nitrogens with zero attached hydrogens (tertiary/aromatic N) is 4. The largest absolute Gasteiger partial charge is 0.294 e. The maximum absolute atomic E-state index is 11.3. The van der Waals surface area contributed by atoms with Gasteiger partial charge in [-0.2, -0.15) is 0 Å². The standard InChI is InChI=1S/C17H12N4O/c22-11-16-20-19-15-10-18-17(12-6-2-1-3-7-12)13-8-4-5-9-14(13)21(15)16/h1-9,11H,10H2. The van der Waals surface area contributed by atoms with Crippen molar-refractivity contribution in [3.05, 3.63) is 77.4 Å². The summed E-state index contributed by atoms with van der Waals surface area (Å²) in [7, 11) is 0. The minimum atomic E-state index is 0.298. The molecule has 3 aromatic rings. The molecule has 2 aromatic carbocycles. The van der Waals surface area contributed by atoms with E-state index in [1.165, 1.54) is 0 Å². The molecule has 5 heteroatoms. The van der Waals surface area contributed by atoms with Gasteiger partial charge in [0.15, 0.2) is 12.1 Å². The molecule has 0 fully saturated rings. The first-order chi connectivity index (χ1) is 10.9. The van der Waals surface area contributed by atoms with E-state index in [1.807, 2.05) is 54.6 Å². The summed E-state index contributed by atoms with van der Waals surface area (Å²) in [5.74, 6) is 0.965. The minimum absolute atomic E-state index is 0.298. The maximum atomic E-state index is 11.3. The Labute approximate surface area is 127 Å². The molecule has 2 heterocycles. The molecule has 0 atom stereocenters. The van der Waals surface area contributed by atoms with Crippen LogP contribution in [-0.2, 0) is 6.54 Å². The molecule has 0 saturated heterocycles. The second-order valence-electron chi connectivity index (χ2n) is 4.98. The number of carbonyl (C=O) groups excluding carboxylic acids is 1. The van der Waals surface area contributed by atoms with Crippen LogP contribution in [-0.4, -0.2) is 26.8 Å². The summed E-state index contributed by atoms with van der Waals surface area (Å²) in [6, 6.07) is 17.9. The lowest BCUT2D eigenvalue weighted by Crippen LogP contribution is -2.08. The summed E-state index contributed by atoms with van der Waals surface area (Å²) >= 11 is 0. The number of rotatable bonds is 2. The van der Waals surface area contributed by atoms with E-state index in [4.69, 9.17) is 4.99 Å². The maximum Gasteiger partial charge on any atom is 0.201 e. The van der Waals surface area contributed by atoms with Crippen molar-refractivity contribution in [1.82, 2.24) is 14.8 Å². The van der Waals surface area contributed by atoms with Crippen LogP contribution in [0.5, 0.6) is 0 Å². The number of aromatic nitrogens is 3. The Morgan fingerprint density at radius 3 is 2.55 bits per heavy atom. The molecule has 0 unspecified atom stereocenters. The van der Waals surface area contributed by atoms with E-state index in [2.05, 4.69) is 10.2 Å². The zero-order chi connectivity index (χ0) is 14.9. The fraction of sp³-hybridized carbons (Fsp3) is 0.0588. The smallest absolute Gasteiger partial charge is 0.201 e. The molecule has 1 aromatic heterocycles. The highest BCUT2D eigenvalue weighted by Crippen LogP contribution is 2.25. The zero-order valence-corrected chi connectivity index (χ0v) is 11.7. The minimum Gasteiger partial charge on any atom is -0.294 e. The van der Waals surface area contributed by atoms with Gasteiger partial charge in [-0.15, -0.1) is 10.2 Å². The Kier molecular flexibility index (Phi) is 2.89. The molecule has 5 nitrogen and oxygen atoms in total. The van der Waals surface area contributed by atoms with E-state index in [-0.39, 0.29) is 0 Å². The van der Waals surface area contributed by atoms with E-state index in [0.29, 0.717) is 18.2 Å². The Hall–Kier alpha value is -3.08. The second-order valence-corrected chi connectivity index (χ2v) is 4.98. The molecule has 1 aliphatic rings. The van der Waals surface area contributed by atoms with Crippen LogP contribution in [0.25, 0.3) is 5.69 Å². The average Bonchev–Trinajstić information content (AvgIpc) is 2.92. The van der Waals surface area contributed by atoms with Gasteiger partial charge in [-0.05, 0) is 6.07 Å². The fourth-order valence-corrected chi connectivity index (χ4v) is 2.72. The van der Waals surface area contributed by atoms with Crippen molar-refractivity contribution in [3.8, 4) is 5.69 Å². The summed E-state index contributed by atoms with van der Waals surface area (Å²) in [5, 5.41) is 8.02. The fourth-order valence-electron chi connectivity index (χ4n) is 2.72. The first-order valence-electron chi connectivity index (χ1n) is 6.97. The van der Waals surface area contributed by atoms with Crippen molar-refractivity contribution < 1.29 is 4.79 Å².